The molecule has 0 saturated heterocycles. The highest BCUT2D eigenvalue weighted by Gasteiger charge is 2.41. The van der Waals surface area contributed by atoms with E-state index in [4.69, 9.17) is 0 Å². The lowest BCUT2D eigenvalue weighted by atomic mass is 10.1. The second-order valence-electron chi connectivity index (χ2n) is 5.27. The monoisotopic (exact) mass is 319 g/mol. The topological polar surface area (TPSA) is 71.5 Å². The minimum Gasteiger partial charge on any atom is -0.294 e. The molecule has 1 unspecified atom stereocenters. The van der Waals surface area contributed by atoms with E-state index in [2.05, 4.69) is 0 Å². The smallest absolute Gasteiger partial charge is 0.262 e. The third-order valence-electron chi connectivity index (χ3n) is 3.54. The average molecular weight is 319 g/mol. The number of Topliss-reactive ketones (excluding diaryl/α,β-unsaturated/α-hetero) is 2. The molecule has 0 N–H and O–H groups in total. The number of imide groups is 1. The minimum absolute atomic E-state index is 0.157. The molecule has 0 aromatic heterocycles. The standard InChI is InChI=1S/C16H17NO4S/c1-9(13(19)14(10(2)18)22(3)4)17-15(20)11-7-5-6-8-12(11)16(17)21/h5-9H,1-4H3. The van der Waals surface area contributed by atoms with E-state index in [1.807, 2.05) is 0 Å². The lowest BCUT2D eigenvalue weighted by Gasteiger charge is -2.22. The Bertz CT molecular complexity index is 696. The number of nitrogens with zero attached hydrogens (tertiary/aromatic N) is 1. The van der Waals surface area contributed by atoms with Crippen LogP contribution in [0.15, 0.2) is 24.3 Å². The summed E-state index contributed by atoms with van der Waals surface area (Å²) in [4.78, 5) is 50.1. The third kappa shape index (κ3) is 2.54. The predicted molar refractivity (Wildman–Crippen MR) is 86.5 cm³/mol. The van der Waals surface area contributed by atoms with E-state index < -0.39 is 34.1 Å². The Balaban J connectivity index is 2.40. The number of carbonyl (C=O) groups is 4. The number of rotatable bonds is 4. The van der Waals surface area contributed by atoms with Crippen LogP contribution in [0.5, 0.6) is 0 Å². The highest BCUT2D eigenvalue weighted by Crippen LogP contribution is 2.25. The van der Waals surface area contributed by atoms with Crippen molar-refractivity contribution in [1.82, 2.24) is 4.90 Å². The van der Waals surface area contributed by atoms with Crippen LogP contribution < -0.4 is 0 Å². The van der Waals surface area contributed by atoms with Gasteiger partial charge in [0.05, 0.1) is 16.0 Å². The Hall–Kier alpha value is -2.08. The summed E-state index contributed by atoms with van der Waals surface area (Å²) in [5, 5.41) is 0. The van der Waals surface area contributed by atoms with Crippen molar-refractivity contribution >= 4 is 38.7 Å². The van der Waals surface area contributed by atoms with Gasteiger partial charge in [-0.3, -0.25) is 24.1 Å². The fourth-order valence-electron chi connectivity index (χ4n) is 2.53. The molecule has 0 saturated carbocycles. The van der Waals surface area contributed by atoms with Gasteiger partial charge in [-0.15, -0.1) is 0 Å². The number of benzene rings is 1. The second-order valence-corrected chi connectivity index (χ2v) is 7.31. The quantitative estimate of drug-likeness (QED) is 0.479. The molecule has 0 bridgehead atoms. The van der Waals surface area contributed by atoms with Gasteiger partial charge in [-0.1, -0.05) is 12.1 Å². The van der Waals surface area contributed by atoms with Crippen molar-refractivity contribution in [3.8, 4) is 0 Å². The predicted octanol–water partition coefficient (Wildman–Crippen LogP) is 1.53. The van der Waals surface area contributed by atoms with Crippen LogP contribution >= 0.6 is 10.5 Å². The summed E-state index contributed by atoms with van der Waals surface area (Å²) in [7, 11) is -0.539. The first kappa shape index (κ1) is 16.3. The zero-order chi connectivity index (χ0) is 16.6. The van der Waals surface area contributed by atoms with Crippen molar-refractivity contribution in [3.05, 3.63) is 35.4 Å². The third-order valence-corrected chi connectivity index (χ3v) is 4.85. The molecule has 0 spiro atoms. The Kier molecular flexibility index (Phi) is 4.42. The summed E-state index contributed by atoms with van der Waals surface area (Å²) in [6.07, 6.45) is 3.54. The van der Waals surface area contributed by atoms with Gasteiger partial charge in [0.1, 0.15) is 6.04 Å². The highest BCUT2D eigenvalue weighted by molar-refractivity contribution is 8.16. The largest absolute Gasteiger partial charge is 0.294 e. The van der Waals surface area contributed by atoms with Crippen molar-refractivity contribution in [1.29, 1.82) is 0 Å². The summed E-state index contributed by atoms with van der Waals surface area (Å²) in [6, 6.07) is 5.48. The van der Waals surface area contributed by atoms with Crippen LogP contribution in [0.4, 0.5) is 0 Å². The molecule has 2 amide bonds. The van der Waals surface area contributed by atoms with Gasteiger partial charge in [-0.25, -0.2) is 0 Å². The van der Waals surface area contributed by atoms with Crippen LogP contribution in [0.2, 0.25) is 0 Å². The number of hydrogen-bond donors (Lipinski definition) is 0. The zero-order valence-corrected chi connectivity index (χ0v) is 13.7. The molecule has 1 aliphatic rings. The van der Waals surface area contributed by atoms with Crippen molar-refractivity contribution in [2.75, 3.05) is 12.5 Å². The molecule has 0 fully saturated rings. The van der Waals surface area contributed by atoms with Crippen molar-refractivity contribution in [2.45, 2.75) is 19.9 Å². The van der Waals surface area contributed by atoms with Crippen LogP contribution in [0, 0.1) is 0 Å². The van der Waals surface area contributed by atoms with Crippen LogP contribution in [-0.2, 0) is 9.59 Å². The number of hydrogen-bond acceptors (Lipinski definition) is 4. The summed E-state index contributed by atoms with van der Waals surface area (Å²) in [5.74, 6) is -1.76. The summed E-state index contributed by atoms with van der Waals surface area (Å²) in [5.41, 5.74) is 0.590. The SMILES string of the molecule is CC(=O)C(C(=O)C(C)N1C(=O)c2ccccc2C1=O)=S(C)C. The van der Waals surface area contributed by atoms with Crippen molar-refractivity contribution in [2.24, 2.45) is 0 Å². The average Bonchev–Trinajstić information content (AvgIpc) is 2.70. The highest BCUT2D eigenvalue weighted by atomic mass is 32.2. The maximum atomic E-state index is 12.6. The van der Waals surface area contributed by atoms with Gasteiger partial charge in [-0.05, 0) is 38.5 Å². The van der Waals surface area contributed by atoms with Crippen LogP contribution in [0.25, 0.3) is 0 Å². The van der Waals surface area contributed by atoms with Crippen LogP contribution in [0.3, 0.4) is 0 Å². The minimum atomic E-state index is -0.985. The maximum absolute atomic E-state index is 12.6. The molecule has 5 nitrogen and oxygen atoms in total. The molecule has 0 radical (unpaired) electrons. The molecule has 6 heteroatoms. The van der Waals surface area contributed by atoms with E-state index in [-0.39, 0.29) is 10.6 Å². The Labute approximate surface area is 131 Å². The van der Waals surface area contributed by atoms with Gasteiger partial charge >= 0.3 is 0 Å². The number of carbonyl (C=O) groups excluding carboxylic acids is 4. The lowest BCUT2D eigenvalue weighted by Crippen LogP contribution is -2.46. The lowest BCUT2D eigenvalue weighted by molar-refractivity contribution is -0.118. The molecule has 116 valence electrons. The summed E-state index contributed by atoms with van der Waals surface area (Å²) >= 11 is 0. The Morgan fingerprint density at radius 1 is 1.05 bits per heavy atom. The Morgan fingerprint density at radius 2 is 1.50 bits per heavy atom. The fraction of sp³-hybridized carbons (Fsp3) is 0.312. The first-order valence-corrected chi connectivity index (χ1v) is 8.78. The summed E-state index contributed by atoms with van der Waals surface area (Å²) in [6.45, 7) is 2.81. The van der Waals surface area contributed by atoms with Crippen LogP contribution in [-0.4, -0.2) is 51.7 Å². The number of amides is 2. The van der Waals surface area contributed by atoms with Gasteiger partial charge < -0.3 is 0 Å². The van der Waals surface area contributed by atoms with E-state index >= 15 is 0 Å². The molecule has 1 aliphatic heterocycles. The van der Waals surface area contributed by atoms with Gasteiger partial charge in [-0.2, -0.15) is 10.5 Å². The second kappa shape index (κ2) is 5.96. The molecular formula is C16H17NO4S. The molecule has 1 heterocycles. The van der Waals surface area contributed by atoms with Gasteiger partial charge in [0.2, 0.25) is 0 Å². The van der Waals surface area contributed by atoms with E-state index in [0.29, 0.717) is 11.1 Å². The summed E-state index contributed by atoms with van der Waals surface area (Å²) < 4.78 is 0. The first-order chi connectivity index (χ1) is 10.3. The van der Waals surface area contributed by atoms with Gasteiger partial charge in [0.25, 0.3) is 11.8 Å². The van der Waals surface area contributed by atoms with Crippen molar-refractivity contribution < 1.29 is 19.2 Å². The zero-order valence-electron chi connectivity index (χ0n) is 12.9. The molecule has 0 aliphatic carbocycles. The van der Waals surface area contributed by atoms with Crippen LogP contribution in [0.1, 0.15) is 34.6 Å². The molecule has 22 heavy (non-hydrogen) atoms. The Morgan fingerprint density at radius 3 is 1.86 bits per heavy atom. The van der Waals surface area contributed by atoms with E-state index in [1.54, 1.807) is 36.8 Å². The van der Waals surface area contributed by atoms with Gasteiger partial charge in [0.15, 0.2) is 11.6 Å². The molecule has 1 atom stereocenters. The van der Waals surface area contributed by atoms with E-state index in [1.165, 1.54) is 13.8 Å². The van der Waals surface area contributed by atoms with Gasteiger partial charge in [0, 0.05) is 0 Å². The molecule has 1 aromatic carbocycles. The molecule has 1 aromatic rings. The normalized spacial score (nSPS) is 15.0. The first-order valence-electron chi connectivity index (χ1n) is 6.74. The number of ketones is 2. The molecule has 2 rings (SSSR count). The maximum Gasteiger partial charge on any atom is 0.262 e. The fourth-order valence-corrected chi connectivity index (χ4v) is 3.68. The molecular weight excluding hydrogens is 302 g/mol. The van der Waals surface area contributed by atoms with Crippen molar-refractivity contribution in [3.63, 3.8) is 0 Å². The van der Waals surface area contributed by atoms with E-state index in [0.717, 1.165) is 4.90 Å². The van der Waals surface area contributed by atoms with E-state index in [9.17, 15) is 19.2 Å². The number of fused-ring (bicyclic) bond motifs is 1.